The van der Waals surface area contributed by atoms with Crippen LogP contribution in [-0.2, 0) is 6.18 Å². The van der Waals surface area contributed by atoms with Crippen LogP contribution in [0.25, 0.3) is 0 Å². The number of benzene rings is 1. The lowest BCUT2D eigenvalue weighted by molar-refractivity contribution is -0.137. The van der Waals surface area contributed by atoms with Gasteiger partial charge in [0.05, 0.1) is 11.7 Å². The molecule has 1 rings (SSSR count). The minimum absolute atomic E-state index is 0.532. The number of aliphatic hydroxyl groups excluding tert-OH is 1. The maximum atomic E-state index is 12.2. The van der Waals surface area contributed by atoms with Gasteiger partial charge in [-0.25, -0.2) is 0 Å². The second-order valence-electron chi connectivity index (χ2n) is 3.42. The molecule has 84 valence electrons. The molecule has 1 atom stereocenters. The van der Waals surface area contributed by atoms with Crippen LogP contribution in [0.4, 0.5) is 13.2 Å². The molecule has 0 aromatic heterocycles. The van der Waals surface area contributed by atoms with Crippen molar-refractivity contribution in [2.75, 3.05) is 0 Å². The molecule has 1 aromatic rings. The molecule has 0 saturated carbocycles. The van der Waals surface area contributed by atoms with Crippen LogP contribution >= 0.6 is 0 Å². The Kier molecular flexibility index (Phi) is 3.74. The first-order chi connectivity index (χ1) is 6.95. The summed E-state index contributed by atoms with van der Waals surface area (Å²) in [5.74, 6) is 0. The predicted molar refractivity (Wildman–Crippen MR) is 51.3 cm³/mol. The zero-order valence-electron chi connectivity index (χ0n) is 8.38. The third-order valence-corrected chi connectivity index (χ3v) is 2.18. The summed E-state index contributed by atoms with van der Waals surface area (Å²) >= 11 is 0. The topological polar surface area (TPSA) is 20.2 Å². The van der Waals surface area contributed by atoms with Gasteiger partial charge in [-0.05, 0) is 24.1 Å². The van der Waals surface area contributed by atoms with E-state index in [1.54, 1.807) is 0 Å². The van der Waals surface area contributed by atoms with Gasteiger partial charge in [0, 0.05) is 0 Å². The minimum Gasteiger partial charge on any atom is -0.388 e. The third-order valence-electron chi connectivity index (χ3n) is 2.18. The lowest BCUT2D eigenvalue weighted by Crippen LogP contribution is -2.05. The zero-order valence-corrected chi connectivity index (χ0v) is 8.38. The number of rotatable bonds is 3. The van der Waals surface area contributed by atoms with Crippen LogP contribution in [0, 0.1) is 0 Å². The van der Waals surface area contributed by atoms with E-state index in [9.17, 15) is 18.3 Å². The molecule has 0 saturated heterocycles. The predicted octanol–water partition coefficient (Wildman–Crippen LogP) is 3.54. The van der Waals surface area contributed by atoms with Gasteiger partial charge in [0.15, 0.2) is 0 Å². The van der Waals surface area contributed by atoms with Crippen molar-refractivity contribution in [2.24, 2.45) is 0 Å². The Morgan fingerprint density at radius 1 is 1.20 bits per heavy atom. The minimum atomic E-state index is -4.31. The molecule has 4 heteroatoms. The van der Waals surface area contributed by atoms with Gasteiger partial charge >= 0.3 is 6.18 Å². The van der Waals surface area contributed by atoms with E-state index in [1.807, 2.05) is 6.92 Å². The van der Waals surface area contributed by atoms with Crippen molar-refractivity contribution in [3.8, 4) is 0 Å². The van der Waals surface area contributed by atoms with Crippen molar-refractivity contribution in [1.29, 1.82) is 0 Å². The van der Waals surface area contributed by atoms with Crippen LogP contribution in [0.1, 0.15) is 37.0 Å². The zero-order chi connectivity index (χ0) is 11.5. The van der Waals surface area contributed by atoms with Gasteiger partial charge in [-0.15, -0.1) is 0 Å². The van der Waals surface area contributed by atoms with E-state index in [-0.39, 0.29) is 0 Å². The maximum Gasteiger partial charge on any atom is 0.416 e. The summed E-state index contributed by atoms with van der Waals surface area (Å²) in [6.07, 6.45) is -3.63. The van der Waals surface area contributed by atoms with E-state index < -0.39 is 17.8 Å². The molecule has 1 nitrogen and oxygen atoms in total. The Balaban J connectivity index is 2.81. The second-order valence-corrected chi connectivity index (χ2v) is 3.42. The Labute approximate surface area is 86.5 Å². The van der Waals surface area contributed by atoms with E-state index >= 15 is 0 Å². The fraction of sp³-hybridized carbons (Fsp3) is 0.455. The molecule has 0 radical (unpaired) electrons. The highest BCUT2D eigenvalue weighted by Crippen LogP contribution is 2.30. The van der Waals surface area contributed by atoms with Gasteiger partial charge in [0.25, 0.3) is 0 Å². The van der Waals surface area contributed by atoms with Gasteiger partial charge in [-0.3, -0.25) is 0 Å². The van der Waals surface area contributed by atoms with Crippen LogP contribution in [-0.4, -0.2) is 5.11 Å². The van der Waals surface area contributed by atoms with Crippen molar-refractivity contribution in [1.82, 2.24) is 0 Å². The van der Waals surface area contributed by atoms with Crippen molar-refractivity contribution in [2.45, 2.75) is 32.0 Å². The summed E-state index contributed by atoms with van der Waals surface area (Å²) in [6.45, 7) is 1.91. The summed E-state index contributed by atoms with van der Waals surface area (Å²) < 4.78 is 36.6. The highest BCUT2D eigenvalue weighted by molar-refractivity contribution is 5.25. The van der Waals surface area contributed by atoms with Crippen LogP contribution in [0.3, 0.4) is 0 Å². The molecular formula is C11H13F3O. The SMILES string of the molecule is CCC[C@@H](O)c1ccc(C(F)(F)F)cc1. The number of halogens is 3. The molecule has 1 N–H and O–H groups in total. The molecule has 0 aliphatic rings. The molecule has 0 heterocycles. The Morgan fingerprint density at radius 3 is 2.13 bits per heavy atom. The third kappa shape index (κ3) is 3.23. The van der Waals surface area contributed by atoms with E-state index in [4.69, 9.17) is 0 Å². The van der Waals surface area contributed by atoms with E-state index in [0.717, 1.165) is 18.6 Å². The average Bonchev–Trinajstić information content (AvgIpc) is 2.17. The lowest BCUT2D eigenvalue weighted by Gasteiger charge is -2.11. The van der Waals surface area contributed by atoms with Crippen molar-refractivity contribution >= 4 is 0 Å². The lowest BCUT2D eigenvalue weighted by atomic mass is 10.0. The van der Waals surface area contributed by atoms with Crippen LogP contribution in [0.5, 0.6) is 0 Å². The van der Waals surface area contributed by atoms with Crippen molar-refractivity contribution < 1.29 is 18.3 Å². The standard InChI is InChI=1S/C11H13F3O/c1-2-3-10(15)8-4-6-9(7-5-8)11(12,13)14/h4-7,10,15H,2-3H2,1H3/t10-/m1/s1. The summed E-state index contributed by atoms with van der Waals surface area (Å²) in [4.78, 5) is 0. The molecule has 0 unspecified atom stereocenters. The maximum absolute atomic E-state index is 12.2. The Hall–Kier alpha value is -1.03. The molecule has 0 aliphatic heterocycles. The molecule has 0 bridgehead atoms. The summed E-state index contributed by atoms with van der Waals surface area (Å²) in [7, 11) is 0. The van der Waals surface area contributed by atoms with Crippen LogP contribution in [0.15, 0.2) is 24.3 Å². The molecule has 0 spiro atoms. The average molecular weight is 218 g/mol. The highest BCUT2D eigenvalue weighted by atomic mass is 19.4. The quantitative estimate of drug-likeness (QED) is 0.822. The summed E-state index contributed by atoms with van der Waals surface area (Å²) in [6, 6.07) is 4.63. The number of aliphatic hydroxyl groups is 1. The van der Waals surface area contributed by atoms with Crippen LogP contribution in [0.2, 0.25) is 0 Å². The molecule has 0 fully saturated rings. The Morgan fingerprint density at radius 2 is 1.73 bits per heavy atom. The monoisotopic (exact) mass is 218 g/mol. The van der Waals surface area contributed by atoms with Gasteiger partial charge < -0.3 is 5.11 Å². The fourth-order valence-corrected chi connectivity index (χ4v) is 1.33. The van der Waals surface area contributed by atoms with E-state index in [1.165, 1.54) is 12.1 Å². The van der Waals surface area contributed by atoms with Gasteiger partial charge in [-0.1, -0.05) is 25.5 Å². The molecule has 0 aliphatic carbocycles. The first-order valence-corrected chi connectivity index (χ1v) is 4.80. The van der Waals surface area contributed by atoms with E-state index in [0.29, 0.717) is 12.0 Å². The van der Waals surface area contributed by atoms with Crippen LogP contribution < -0.4 is 0 Å². The van der Waals surface area contributed by atoms with Gasteiger partial charge in [0.2, 0.25) is 0 Å². The molecular weight excluding hydrogens is 205 g/mol. The normalized spacial score (nSPS) is 13.9. The van der Waals surface area contributed by atoms with Crippen molar-refractivity contribution in [3.63, 3.8) is 0 Å². The molecule has 1 aromatic carbocycles. The molecule has 0 amide bonds. The summed E-state index contributed by atoms with van der Waals surface area (Å²) in [5.41, 5.74) is -0.153. The number of hydrogen-bond acceptors (Lipinski definition) is 1. The first kappa shape index (κ1) is 12.0. The number of hydrogen-bond donors (Lipinski definition) is 1. The van der Waals surface area contributed by atoms with Gasteiger partial charge in [0.1, 0.15) is 0 Å². The number of alkyl halides is 3. The van der Waals surface area contributed by atoms with E-state index in [2.05, 4.69) is 0 Å². The summed E-state index contributed by atoms with van der Waals surface area (Å²) in [5, 5.41) is 9.53. The van der Waals surface area contributed by atoms with Gasteiger partial charge in [-0.2, -0.15) is 13.2 Å². The Bertz CT molecular complexity index is 303. The fourth-order valence-electron chi connectivity index (χ4n) is 1.33. The first-order valence-electron chi connectivity index (χ1n) is 4.80. The van der Waals surface area contributed by atoms with Crippen molar-refractivity contribution in [3.05, 3.63) is 35.4 Å². The second kappa shape index (κ2) is 4.66. The highest BCUT2D eigenvalue weighted by Gasteiger charge is 2.30. The molecule has 15 heavy (non-hydrogen) atoms. The largest absolute Gasteiger partial charge is 0.416 e. The smallest absolute Gasteiger partial charge is 0.388 e.